The summed E-state index contributed by atoms with van der Waals surface area (Å²) in [7, 11) is 0. The summed E-state index contributed by atoms with van der Waals surface area (Å²) in [4.78, 5) is 4.88. The van der Waals surface area contributed by atoms with Gasteiger partial charge in [0.1, 0.15) is 5.82 Å². The Morgan fingerprint density at radius 2 is 2.05 bits per heavy atom. The van der Waals surface area contributed by atoms with E-state index in [1.165, 1.54) is 11.8 Å². The number of thioether (sulfide) groups is 1. The number of hydrazine groups is 1. The monoisotopic (exact) mass is 277 g/mol. The number of nitrogens with zero attached hydrogens (tertiary/aromatic N) is 1. The van der Waals surface area contributed by atoms with Gasteiger partial charge in [0, 0.05) is 22.4 Å². The summed E-state index contributed by atoms with van der Waals surface area (Å²) in [5.74, 6) is 5.83. The Balaban J connectivity index is 2.04. The molecule has 0 saturated heterocycles. The second kappa shape index (κ2) is 6.65. The molecule has 1 aromatic carbocycles. The van der Waals surface area contributed by atoms with Crippen LogP contribution in [0.1, 0.15) is 17.2 Å². The van der Waals surface area contributed by atoms with Crippen molar-refractivity contribution in [3.8, 4) is 0 Å². The second-order valence-electron chi connectivity index (χ2n) is 4.24. The lowest BCUT2D eigenvalue weighted by Gasteiger charge is -2.16. The Morgan fingerprint density at radius 3 is 2.68 bits per heavy atom. The Kier molecular flexibility index (Phi) is 4.90. The summed E-state index contributed by atoms with van der Waals surface area (Å²) in [5.41, 5.74) is 4.41. The molecule has 0 aliphatic heterocycles. The van der Waals surface area contributed by atoms with Crippen LogP contribution >= 0.6 is 11.8 Å². The highest BCUT2D eigenvalue weighted by Crippen LogP contribution is 2.25. The fourth-order valence-corrected chi connectivity index (χ4v) is 2.67. The first-order chi connectivity index (χ1) is 9.20. The standard InChI is InChI=1S/C14H16FN3S/c1-10-2-4-11(5-3-10)19-9-14(18-16)12-6-7-17-8-13(12)15/h2-8,14,18H,9,16H2,1H3. The average molecular weight is 277 g/mol. The highest BCUT2D eigenvalue weighted by Gasteiger charge is 2.14. The molecule has 0 aliphatic carbocycles. The number of rotatable bonds is 5. The first-order valence-electron chi connectivity index (χ1n) is 5.95. The zero-order valence-electron chi connectivity index (χ0n) is 10.6. The van der Waals surface area contributed by atoms with Gasteiger partial charge in [-0.3, -0.25) is 16.3 Å². The highest BCUT2D eigenvalue weighted by atomic mass is 32.2. The third-order valence-corrected chi connectivity index (χ3v) is 3.92. The van der Waals surface area contributed by atoms with Gasteiger partial charge in [-0.15, -0.1) is 11.8 Å². The van der Waals surface area contributed by atoms with Crippen LogP contribution in [0.2, 0.25) is 0 Å². The molecular weight excluding hydrogens is 261 g/mol. The third kappa shape index (κ3) is 3.76. The van der Waals surface area contributed by atoms with Crippen LogP contribution in [0.5, 0.6) is 0 Å². The number of hydrogen-bond donors (Lipinski definition) is 2. The summed E-state index contributed by atoms with van der Waals surface area (Å²) < 4.78 is 13.6. The molecule has 3 nitrogen and oxygen atoms in total. The van der Waals surface area contributed by atoms with Gasteiger partial charge in [0.15, 0.2) is 0 Å². The lowest BCUT2D eigenvalue weighted by Crippen LogP contribution is -2.30. The summed E-state index contributed by atoms with van der Waals surface area (Å²) in [6.45, 7) is 2.05. The van der Waals surface area contributed by atoms with Crippen molar-refractivity contribution in [2.45, 2.75) is 17.9 Å². The van der Waals surface area contributed by atoms with E-state index in [4.69, 9.17) is 5.84 Å². The molecule has 100 valence electrons. The van der Waals surface area contributed by atoms with Gasteiger partial charge in [-0.05, 0) is 25.1 Å². The molecule has 0 spiro atoms. The molecule has 19 heavy (non-hydrogen) atoms. The van der Waals surface area contributed by atoms with Gasteiger partial charge >= 0.3 is 0 Å². The van der Waals surface area contributed by atoms with Gasteiger partial charge < -0.3 is 0 Å². The van der Waals surface area contributed by atoms with Crippen LogP contribution in [0.15, 0.2) is 47.6 Å². The maximum absolute atomic E-state index is 13.6. The van der Waals surface area contributed by atoms with Gasteiger partial charge in [0.2, 0.25) is 0 Å². The number of aromatic nitrogens is 1. The molecule has 1 atom stereocenters. The summed E-state index contributed by atoms with van der Waals surface area (Å²) in [6.07, 6.45) is 2.77. The van der Waals surface area contributed by atoms with Gasteiger partial charge in [-0.2, -0.15) is 0 Å². The van der Waals surface area contributed by atoms with E-state index in [9.17, 15) is 4.39 Å². The normalized spacial score (nSPS) is 12.4. The Hall–Kier alpha value is -1.43. The Labute approximate surface area is 116 Å². The van der Waals surface area contributed by atoms with Crippen LogP contribution in [0.4, 0.5) is 4.39 Å². The fraction of sp³-hybridized carbons (Fsp3) is 0.214. The zero-order valence-corrected chi connectivity index (χ0v) is 11.5. The lowest BCUT2D eigenvalue weighted by molar-refractivity contribution is 0.542. The molecule has 3 N–H and O–H groups in total. The molecule has 0 radical (unpaired) electrons. The zero-order chi connectivity index (χ0) is 13.7. The van der Waals surface area contributed by atoms with Crippen LogP contribution in [-0.2, 0) is 0 Å². The maximum atomic E-state index is 13.6. The molecule has 2 rings (SSSR count). The largest absolute Gasteiger partial charge is 0.271 e. The third-order valence-electron chi connectivity index (χ3n) is 2.82. The van der Waals surface area contributed by atoms with E-state index in [-0.39, 0.29) is 11.9 Å². The first-order valence-corrected chi connectivity index (χ1v) is 6.94. The van der Waals surface area contributed by atoms with Crippen molar-refractivity contribution in [2.24, 2.45) is 5.84 Å². The van der Waals surface area contributed by atoms with Crippen LogP contribution in [0.25, 0.3) is 0 Å². The van der Waals surface area contributed by atoms with E-state index < -0.39 is 0 Å². The molecular formula is C14H16FN3S. The van der Waals surface area contributed by atoms with Crippen LogP contribution in [-0.4, -0.2) is 10.7 Å². The first kappa shape index (κ1) is 14.0. The van der Waals surface area contributed by atoms with Crippen molar-refractivity contribution < 1.29 is 4.39 Å². The SMILES string of the molecule is Cc1ccc(SCC(NN)c2ccncc2F)cc1. The molecule has 0 aliphatic rings. The van der Waals surface area contributed by atoms with Gasteiger partial charge in [-0.1, -0.05) is 17.7 Å². The van der Waals surface area contributed by atoms with Crippen molar-refractivity contribution in [1.82, 2.24) is 10.4 Å². The maximum Gasteiger partial charge on any atom is 0.146 e. The second-order valence-corrected chi connectivity index (χ2v) is 5.33. The number of aryl methyl sites for hydroxylation is 1. The van der Waals surface area contributed by atoms with Crippen molar-refractivity contribution in [3.05, 3.63) is 59.7 Å². The Morgan fingerprint density at radius 1 is 1.32 bits per heavy atom. The minimum absolute atomic E-state index is 0.241. The number of halogens is 1. The van der Waals surface area contributed by atoms with Crippen LogP contribution < -0.4 is 11.3 Å². The van der Waals surface area contributed by atoms with Crippen molar-refractivity contribution in [2.75, 3.05) is 5.75 Å². The Bertz CT molecular complexity index is 530. The molecule has 0 amide bonds. The van der Waals surface area contributed by atoms with E-state index >= 15 is 0 Å². The highest BCUT2D eigenvalue weighted by molar-refractivity contribution is 7.99. The molecule has 1 heterocycles. The molecule has 5 heteroatoms. The predicted molar refractivity (Wildman–Crippen MR) is 76.2 cm³/mol. The molecule has 0 bridgehead atoms. The summed E-state index contributed by atoms with van der Waals surface area (Å²) >= 11 is 1.64. The number of nitrogens with one attached hydrogen (secondary N) is 1. The molecule has 1 aromatic heterocycles. The molecule has 2 aromatic rings. The number of hydrogen-bond acceptors (Lipinski definition) is 4. The average Bonchev–Trinajstić information content (AvgIpc) is 2.43. The van der Waals surface area contributed by atoms with Gasteiger partial charge in [-0.25, -0.2) is 4.39 Å². The van der Waals surface area contributed by atoms with E-state index in [0.29, 0.717) is 11.3 Å². The summed E-state index contributed by atoms with van der Waals surface area (Å²) in [5, 5.41) is 0. The quantitative estimate of drug-likeness (QED) is 0.501. The number of pyridine rings is 1. The minimum atomic E-state index is -0.338. The fourth-order valence-electron chi connectivity index (χ4n) is 1.71. The lowest BCUT2D eigenvalue weighted by atomic mass is 10.1. The van der Waals surface area contributed by atoms with Crippen molar-refractivity contribution >= 4 is 11.8 Å². The molecule has 0 saturated carbocycles. The smallest absolute Gasteiger partial charge is 0.146 e. The summed E-state index contributed by atoms with van der Waals surface area (Å²) in [6, 6.07) is 9.62. The predicted octanol–water partition coefficient (Wildman–Crippen LogP) is 2.83. The van der Waals surface area contributed by atoms with Crippen molar-refractivity contribution in [1.29, 1.82) is 0 Å². The van der Waals surface area contributed by atoms with E-state index in [2.05, 4.69) is 34.7 Å². The van der Waals surface area contributed by atoms with Gasteiger partial charge in [0.05, 0.1) is 12.2 Å². The number of nitrogens with two attached hydrogens (primary N) is 1. The number of benzene rings is 1. The van der Waals surface area contributed by atoms with Crippen LogP contribution in [0, 0.1) is 12.7 Å². The van der Waals surface area contributed by atoms with E-state index in [0.717, 1.165) is 4.90 Å². The van der Waals surface area contributed by atoms with E-state index in [1.54, 1.807) is 24.0 Å². The van der Waals surface area contributed by atoms with Crippen LogP contribution in [0.3, 0.4) is 0 Å². The van der Waals surface area contributed by atoms with Gasteiger partial charge in [0.25, 0.3) is 0 Å². The topological polar surface area (TPSA) is 50.9 Å². The van der Waals surface area contributed by atoms with E-state index in [1.807, 2.05) is 6.92 Å². The molecule has 1 unspecified atom stereocenters. The minimum Gasteiger partial charge on any atom is -0.271 e. The van der Waals surface area contributed by atoms with Crippen molar-refractivity contribution in [3.63, 3.8) is 0 Å². The molecule has 0 fully saturated rings.